The van der Waals surface area contributed by atoms with Gasteiger partial charge in [-0.1, -0.05) is 46.7 Å². The predicted molar refractivity (Wildman–Crippen MR) is 104 cm³/mol. The van der Waals surface area contributed by atoms with Crippen molar-refractivity contribution in [1.82, 2.24) is 19.7 Å². The molecule has 0 unspecified atom stereocenters. The third-order valence-corrected chi connectivity index (χ3v) is 4.87. The molecule has 2 aromatic heterocycles. The average molecular weight is 379 g/mol. The third kappa shape index (κ3) is 3.70. The molecule has 0 aliphatic rings. The lowest BCUT2D eigenvalue weighted by Gasteiger charge is -2.09. The number of hydrogen-bond acceptors (Lipinski definition) is 6. The first-order chi connectivity index (χ1) is 13.1. The number of thioether (sulfide) groups is 1. The van der Waals surface area contributed by atoms with Gasteiger partial charge in [-0.15, -0.1) is 5.10 Å². The van der Waals surface area contributed by atoms with E-state index in [-0.39, 0.29) is 17.7 Å². The summed E-state index contributed by atoms with van der Waals surface area (Å²) in [6, 6.07) is 16.2. The molecule has 0 atom stereocenters. The fourth-order valence-electron chi connectivity index (χ4n) is 2.68. The number of carbonyl (C=O) groups excluding carboxylic acids is 1. The van der Waals surface area contributed by atoms with Crippen molar-refractivity contribution < 1.29 is 9.21 Å². The zero-order chi connectivity index (χ0) is 18.8. The van der Waals surface area contributed by atoms with Gasteiger partial charge in [0.25, 0.3) is 0 Å². The van der Waals surface area contributed by atoms with Gasteiger partial charge in [-0.3, -0.25) is 14.7 Å². The molecule has 2 aromatic carbocycles. The van der Waals surface area contributed by atoms with Gasteiger partial charge >= 0.3 is 6.01 Å². The Morgan fingerprint density at radius 1 is 1.11 bits per heavy atom. The van der Waals surface area contributed by atoms with Crippen LogP contribution in [0.15, 0.2) is 58.1 Å². The summed E-state index contributed by atoms with van der Waals surface area (Å²) >= 11 is 1.36. The van der Waals surface area contributed by atoms with Gasteiger partial charge in [-0.2, -0.15) is 0 Å². The second-order valence-electron chi connectivity index (χ2n) is 6.02. The van der Waals surface area contributed by atoms with Crippen LogP contribution in [-0.2, 0) is 4.79 Å². The van der Waals surface area contributed by atoms with Crippen LogP contribution in [0, 0.1) is 13.8 Å². The van der Waals surface area contributed by atoms with Crippen LogP contribution in [0.3, 0.4) is 0 Å². The van der Waals surface area contributed by atoms with Gasteiger partial charge in [-0.25, -0.2) is 4.98 Å². The molecular formula is C19H17N5O2S. The summed E-state index contributed by atoms with van der Waals surface area (Å²) in [4.78, 5) is 16.9. The monoisotopic (exact) mass is 379 g/mol. The highest BCUT2D eigenvalue weighted by atomic mass is 32.2. The number of benzene rings is 2. The number of amides is 1. The molecule has 0 saturated carbocycles. The van der Waals surface area contributed by atoms with Gasteiger partial charge in [0.05, 0.1) is 16.8 Å². The van der Waals surface area contributed by atoms with Gasteiger partial charge in [0.2, 0.25) is 11.8 Å². The fraction of sp³-hybridized carbons (Fsp3) is 0.158. The van der Waals surface area contributed by atoms with Crippen LogP contribution in [0.4, 0.5) is 6.01 Å². The van der Waals surface area contributed by atoms with Crippen LogP contribution in [0.25, 0.3) is 16.7 Å². The van der Waals surface area contributed by atoms with Crippen LogP contribution >= 0.6 is 11.8 Å². The number of nitrogens with one attached hydrogen (secondary N) is 1. The Morgan fingerprint density at radius 3 is 2.63 bits per heavy atom. The molecule has 2 heterocycles. The third-order valence-electron chi connectivity index (χ3n) is 3.93. The number of hydrogen-bond donors (Lipinski definition) is 1. The van der Waals surface area contributed by atoms with Gasteiger partial charge in [0.1, 0.15) is 0 Å². The van der Waals surface area contributed by atoms with E-state index >= 15 is 0 Å². The SMILES string of the molecule is Cc1ccc(-n2c(SCC(=O)Nc3nnc(C)o3)nc3ccccc32)cc1. The van der Waals surface area contributed by atoms with Crippen molar-refractivity contribution in [3.05, 3.63) is 60.0 Å². The van der Waals surface area contributed by atoms with Crippen molar-refractivity contribution >= 4 is 34.7 Å². The summed E-state index contributed by atoms with van der Waals surface area (Å²) in [7, 11) is 0. The van der Waals surface area contributed by atoms with Crippen LogP contribution < -0.4 is 5.32 Å². The zero-order valence-electron chi connectivity index (χ0n) is 14.8. The van der Waals surface area contributed by atoms with E-state index in [1.54, 1.807) is 6.92 Å². The quantitative estimate of drug-likeness (QED) is 0.532. The molecular weight excluding hydrogens is 362 g/mol. The van der Waals surface area contributed by atoms with Gasteiger partial charge in [-0.05, 0) is 31.2 Å². The van der Waals surface area contributed by atoms with Gasteiger partial charge < -0.3 is 4.42 Å². The molecule has 0 aliphatic heterocycles. The number of imidazole rings is 1. The first-order valence-corrected chi connectivity index (χ1v) is 9.36. The predicted octanol–water partition coefficient (Wildman–Crippen LogP) is 3.76. The topological polar surface area (TPSA) is 85.8 Å². The van der Waals surface area contributed by atoms with Gasteiger partial charge in [0.15, 0.2) is 5.16 Å². The maximum atomic E-state index is 12.2. The van der Waals surface area contributed by atoms with Crippen LogP contribution in [0.2, 0.25) is 0 Å². The summed E-state index contributed by atoms with van der Waals surface area (Å²) in [6.45, 7) is 3.72. The smallest absolute Gasteiger partial charge is 0.322 e. The molecule has 0 bridgehead atoms. The second-order valence-corrected chi connectivity index (χ2v) is 6.96. The lowest BCUT2D eigenvalue weighted by Crippen LogP contribution is -2.14. The highest BCUT2D eigenvalue weighted by Crippen LogP contribution is 2.28. The molecule has 4 rings (SSSR count). The Bertz CT molecular complexity index is 1100. The number of aromatic nitrogens is 4. The number of rotatable bonds is 5. The lowest BCUT2D eigenvalue weighted by atomic mass is 10.2. The largest absolute Gasteiger partial charge is 0.408 e. The first-order valence-electron chi connectivity index (χ1n) is 8.37. The highest BCUT2D eigenvalue weighted by Gasteiger charge is 2.15. The number of fused-ring (bicyclic) bond motifs is 1. The van der Waals surface area contributed by atoms with Crippen molar-refractivity contribution in [3.63, 3.8) is 0 Å². The Kier molecular flexibility index (Phi) is 4.64. The molecule has 136 valence electrons. The summed E-state index contributed by atoms with van der Waals surface area (Å²) < 4.78 is 7.23. The van der Waals surface area contributed by atoms with E-state index in [1.807, 2.05) is 24.3 Å². The minimum atomic E-state index is -0.230. The molecule has 1 N–H and O–H groups in total. The van der Waals surface area contributed by atoms with Crippen molar-refractivity contribution in [2.75, 3.05) is 11.1 Å². The van der Waals surface area contributed by atoms with E-state index in [2.05, 4.69) is 56.3 Å². The molecule has 27 heavy (non-hydrogen) atoms. The number of para-hydroxylation sites is 2. The average Bonchev–Trinajstić information content (AvgIpc) is 3.24. The van der Waals surface area contributed by atoms with Crippen molar-refractivity contribution in [2.24, 2.45) is 0 Å². The molecule has 0 fully saturated rings. The first kappa shape index (κ1) is 17.3. The lowest BCUT2D eigenvalue weighted by molar-refractivity contribution is -0.113. The second kappa shape index (κ2) is 7.24. The van der Waals surface area contributed by atoms with E-state index in [0.29, 0.717) is 5.89 Å². The van der Waals surface area contributed by atoms with E-state index in [4.69, 9.17) is 4.42 Å². The standard InChI is InChI=1S/C19H17N5O2S/c1-12-7-9-14(10-8-12)24-16-6-4-3-5-15(16)20-19(24)27-11-17(25)21-18-23-22-13(2)26-18/h3-10H,11H2,1-2H3,(H,21,23,25). The number of carbonyl (C=O) groups is 1. The summed E-state index contributed by atoms with van der Waals surface area (Å²) in [5, 5.41) is 10.8. The van der Waals surface area contributed by atoms with E-state index in [9.17, 15) is 4.79 Å². The van der Waals surface area contributed by atoms with Crippen LogP contribution in [-0.4, -0.2) is 31.4 Å². The maximum Gasteiger partial charge on any atom is 0.322 e. The molecule has 0 aliphatic carbocycles. The molecule has 0 spiro atoms. The van der Waals surface area contributed by atoms with E-state index in [0.717, 1.165) is 21.9 Å². The normalized spacial score (nSPS) is 11.0. The minimum absolute atomic E-state index is 0.102. The Labute approximate surface area is 159 Å². The van der Waals surface area contributed by atoms with Crippen LogP contribution in [0.1, 0.15) is 11.5 Å². The highest BCUT2D eigenvalue weighted by molar-refractivity contribution is 7.99. The molecule has 7 nitrogen and oxygen atoms in total. The summed E-state index contributed by atoms with van der Waals surface area (Å²) in [5.41, 5.74) is 4.07. The zero-order valence-corrected chi connectivity index (χ0v) is 15.7. The van der Waals surface area contributed by atoms with Gasteiger partial charge in [0, 0.05) is 12.6 Å². The number of aryl methyl sites for hydroxylation is 2. The van der Waals surface area contributed by atoms with Crippen LogP contribution in [0.5, 0.6) is 0 Å². The van der Waals surface area contributed by atoms with Crippen molar-refractivity contribution in [1.29, 1.82) is 0 Å². The van der Waals surface area contributed by atoms with Crippen molar-refractivity contribution in [3.8, 4) is 5.69 Å². The minimum Gasteiger partial charge on any atom is -0.408 e. The van der Waals surface area contributed by atoms with E-state index < -0.39 is 0 Å². The number of anilines is 1. The van der Waals surface area contributed by atoms with Crippen molar-refractivity contribution in [2.45, 2.75) is 19.0 Å². The Hall–Kier alpha value is -3.13. The molecule has 0 saturated heterocycles. The number of nitrogens with zero attached hydrogens (tertiary/aromatic N) is 4. The molecule has 0 radical (unpaired) electrons. The fourth-order valence-corrected chi connectivity index (χ4v) is 3.50. The maximum absolute atomic E-state index is 12.2. The summed E-state index contributed by atoms with van der Waals surface area (Å²) in [5.74, 6) is 0.349. The Morgan fingerprint density at radius 2 is 1.89 bits per heavy atom. The Balaban J connectivity index is 1.60. The molecule has 4 aromatic rings. The van der Waals surface area contributed by atoms with E-state index in [1.165, 1.54) is 17.3 Å². The molecule has 8 heteroatoms. The summed E-state index contributed by atoms with van der Waals surface area (Å²) in [6.07, 6.45) is 0. The molecule has 1 amide bonds.